The van der Waals surface area contributed by atoms with Crippen molar-refractivity contribution >= 4 is 0 Å². The van der Waals surface area contributed by atoms with Gasteiger partial charge in [-0.25, -0.2) is 4.39 Å². The third kappa shape index (κ3) is 16.5. The van der Waals surface area contributed by atoms with Crippen molar-refractivity contribution in [3.63, 3.8) is 0 Å². The fourth-order valence-electron chi connectivity index (χ4n) is 6.44. The standard InChI is InChI=1S/2C9H19N.C8H16FN.C8H17N.C7H15N/c1-8(2,3)10-6-9(4,5)7-10;1-5-8-6-10(7-8)9(2,3)4;1-7(2,3)10-5-8(4,9)6-10;1-8(2,3)9-6-4-5-7-9;1-7(2,3)8-5-4-6-8/h6-7H2,1-5H3;8H,5-7H2,1-4H3;5-6H2,1-4H3;4-7H2,1-3H3;4-6H2,1-3H3. The third-order valence-electron chi connectivity index (χ3n) is 10.5. The van der Waals surface area contributed by atoms with Crippen LogP contribution < -0.4 is 0 Å². The van der Waals surface area contributed by atoms with Crippen LogP contribution in [-0.2, 0) is 0 Å². The molecule has 0 aromatic carbocycles. The summed E-state index contributed by atoms with van der Waals surface area (Å²) in [5.74, 6) is 0.985. The minimum absolute atomic E-state index is 0.144. The van der Waals surface area contributed by atoms with Gasteiger partial charge in [-0.1, -0.05) is 27.2 Å². The lowest BCUT2D eigenvalue weighted by atomic mass is 9.81. The Labute approximate surface area is 295 Å². The first-order valence-corrected chi connectivity index (χ1v) is 19.3. The molecule has 0 amide bonds. The molecule has 47 heavy (non-hydrogen) atoms. The number of halogens is 1. The van der Waals surface area contributed by atoms with Gasteiger partial charge in [-0.3, -0.25) is 24.5 Å². The zero-order chi connectivity index (χ0) is 36.9. The molecule has 5 fully saturated rings. The van der Waals surface area contributed by atoms with Crippen LogP contribution >= 0.6 is 0 Å². The molecular weight excluding hydrogens is 581 g/mol. The van der Waals surface area contributed by atoms with Crippen molar-refractivity contribution in [2.45, 2.75) is 191 Å². The highest BCUT2D eigenvalue weighted by Crippen LogP contribution is 2.34. The summed E-state index contributed by atoms with van der Waals surface area (Å²) in [5, 5.41) is 0. The van der Waals surface area contributed by atoms with Crippen LogP contribution in [0.5, 0.6) is 0 Å². The van der Waals surface area contributed by atoms with Crippen molar-refractivity contribution in [2.75, 3.05) is 65.4 Å². The molecule has 0 unspecified atom stereocenters. The lowest BCUT2D eigenvalue weighted by Crippen LogP contribution is -2.63. The van der Waals surface area contributed by atoms with E-state index in [0.717, 1.165) is 5.92 Å². The molecule has 0 bridgehead atoms. The quantitative estimate of drug-likeness (QED) is 0.276. The van der Waals surface area contributed by atoms with Crippen LogP contribution in [0.1, 0.15) is 157 Å². The second-order valence-electron chi connectivity index (χ2n) is 21.4. The molecule has 5 nitrogen and oxygen atoms in total. The number of rotatable bonds is 1. The van der Waals surface area contributed by atoms with Gasteiger partial charge in [0.25, 0.3) is 0 Å². The van der Waals surface area contributed by atoms with Crippen molar-refractivity contribution in [1.29, 1.82) is 0 Å². The summed E-state index contributed by atoms with van der Waals surface area (Å²) in [7, 11) is 0. The number of alkyl halides is 1. The average Bonchev–Trinajstić information content (AvgIpc) is 3.28. The van der Waals surface area contributed by atoms with Gasteiger partial charge in [-0.05, 0) is 168 Å². The lowest BCUT2D eigenvalue weighted by molar-refractivity contribution is -0.0681. The Balaban J connectivity index is 0.000000294. The maximum atomic E-state index is 12.9. The predicted molar refractivity (Wildman–Crippen MR) is 208 cm³/mol. The molecule has 0 spiro atoms. The molecule has 0 N–H and O–H groups in total. The molecule has 5 saturated heterocycles. The van der Waals surface area contributed by atoms with Gasteiger partial charge in [0.15, 0.2) is 0 Å². The van der Waals surface area contributed by atoms with E-state index in [-0.39, 0.29) is 5.54 Å². The van der Waals surface area contributed by atoms with Gasteiger partial charge in [0.1, 0.15) is 5.67 Å². The van der Waals surface area contributed by atoms with Crippen LogP contribution in [0.15, 0.2) is 0 Å². The van der Waals surface area contributed by atoms with Crippen LogP contribution in [0.3, 0.4) is 0 Å². The van der Waals surface area contributed by atoms with Crippen LogP contribution in [-0.4, -0.2) is 123 Å². The number of hydrogen-bond acceptors (Lipinski definition) is 5. The van der Waals surface area contributed by atoms with Gasteiger partial charge in [0, 0.05) is 67.0 Å². The van der Waals surface area contributed by atoms with E-state index in [1.165, 1.54) is 78.0 Å². The average molecular weight is 668 g/mol. The summed E-state index contributed by atoms with van der Waals surface area (Å²) in [5.41, 5.74) is 1.43. The topological polar surface area (TPSA) is 16.2 Å². The predicted octanol–water partition coefficient (Wildman–Crippen LogP) is 9.45. The summed E-state index contributed by atoms with van der Waals surface area (Å²) in [6, 6.07) is 0. The largest absolute Gasteiger partial charge is 0.298 e. The third-order valence-corrected chi connectivity index (χ3v) is 10.5. The molecule has 0 atom stereocenters. The van der Waals surface area contributed by atoms with E-state index in [9.17, 15) is 4.39 Å². The maximum absolute atomic E-state index is 12.9. The van der Waals surface area contributed by atoms with Crippen molar-refractivity contribution in [3.8, 4) is 0 Å². The van der Waals surface area contributed by atoms with Gasteiger partial charge in [-0.2, -0.15) is 0 Å². The second kappa shape index (κ2) is 16.8. The lowest BCUT2D eigenvalue weighted by Gasteiger charge is -2.52. The Morgan fingerprint density at radius 1 is 0.468 bits per heavy atom. The minimum Gasteiger partial charge on any atom is -0.298 e. The van der Waals surface area contributed by atoms with E-state index in [0.29, 0.717) is 40.7 Å². The van der Waals surface area contributed by atoms with Gasteiger partial charge >= 0.3 is 0 Å². The molecule has 5 rings (SSSR count). The smallest absolute Gasteiger partial charge is 0.133 e. The number of likely N-dealkylation sites (tertiary alicyclic amines) is 5. The number of nitrogens with zero attached hydrogens (tertiary/aromatic N) is 5. The Kier molecular flexibility index (Phi) is 16.0. The van der Waals surface area contributed by atoms with Crippen molar-refractivity contribution in [1.82, 2.24) is 24.5 Å². The molecule has 0 aromatic rings. The Bertz CT molecular complexity index is 827. The van der Waals surface area contributed by atoms with Gasteiger partial charge in [0.2, 0.25) is 0 Å². The van der Waals surface area contributed by atoms with Crippen molar-refractivity contribution in [3.05, 3.63) is 0 Å². The van der Waals surface area contributed by atoms with Crippen LogP contribution in [0, 0.1) is 11.3 Å². The Morgan fingerprint density at radius 2 is 0.766 bits per heavy atom. The fourth-order valence-corrected chi connectivity index (χ4v) is 6.44. The van der Waals surface area contributed by atoms with E-state index in [4.69, 9.17) is 0 Å². The molecule has 5 heterocycles. The zero-order valence-corrected chi connectivity index (χ0v) is 35.6. The van der Waals surface area contributed by atoms with E-state index < -0.39 is 5.67 Å². The highest BCUT2D eigenvalue weighted by molar-refractivity contribution is 4.97. The highest BCUT2D eigenvalue weighted by atomic mass is 19.1. The van der Waals surface area contributed by atoms with E-state index in [2.05, 4.69) is 149 Å². The summed E-state index contributed by atoms with van der Waals surface area (Å²) in [6.07, 6.45) is 5.55. The molecule has 0 aliphatic carbocycles. The monoisotopic (exact) mass is 668 g/mol. The van der Waals surface area contributed by atoms with E-state index >= 15 is 0 Å². The van der Waals surface area contributed by atoms with E-state index in [1.54, 1.807) is 6.92 Å². The SMILES string of the molecule is CC(C)(C)N1CCC1.CC(C)(C)N1CCCC1.CC1(C)CN(C(C)(C)C)C1.CC1(F)CN(C(C)(C)C)C1.CCC1CN(C(C)(C)C)C1. The zero-order valence-electron chi connectivity index (χ0n) is 35.6. The Morgan fingerprint density at radius 3 is 0.915 bits per heavy atom. The molecule has 282 valence electrons. The van der Waals surface area contributed by atoms with E-state index in [1.807, 2.05) is 0 Å². The van der Waals surface area contributed by atoms with Crippen LogP contribution in [0.2, 0.25) is 0 Å². The molecule has 0 radical (unpaired) electrons. The maximum Gasteiger partial charge on any atom is 0.133 e. The minimum atomic E-state index is -0.923. The molecule has 5 aliphatic heterocycles. The molecule has 6 heteroatoms. The molecule has 0 saturated carbocycles. The number of hydrogen-bond donors (Lipinski definition) is 0. The summed E-state index contributed by atoms with van der Waals surface area (Å²) < 4.78 is 12.9. The Hall–Kier alpha value is -0.270. The molecular formula is C41H86FN5. The van der Waals surface area contributed by atoms with Crippen LogP contribution in [0.4, 0.5) is 4.39 Å². The van der Waals surface area contributed by atoms with Gasteiger partial charge in [-0.15, -0.1) is 0 Å². The molecule has 5 aliphatic rings. The second-order valence-corrected chi connectivity index (χ2v) is 21.4. The highest BCUT2D eigenvalue weighted by Gasteiger charge is 2.43. The summed E-state index contributed by atoms with van der Waals surface area (Å²) in [4.78, 5) is 12.3. The van der Waals surface area contributed by atoms with Crippen molar-refractivity contribution < 1.29 is 4.39 Å². The first-order valence-electron chi connectivity index (χ1n) is 19.3. The fraction of sp³-hybridized carbons (Fsp3) is 1.00. The van der Waals surface area contributed by atoms with Gasteiger partial charge < -0.3 is 0 Å². The first kappa shape index (κ1) is 44.8. The van der Waals surface area contributed by atoms with Crippen LogP contribution in [0.25, 0.3) is 0 Å². The summed E-state index contributed by atoms with van der Waals surface area (Å²) in [6.45, 7) is 53.9. The normalized spacial score (nSPS) is 24.3. The first-order chi connectivity index (χ1) is 20.9. The van der Waals surface area contributed by atoms with Gasteiger partial charge in [0.05, 0.1) is 0 Å². The molecule has 0 aromatic heterocycles. The summed E-state index contributed by atoms with van der Waals surface area (Å²) >= 11 is 0. The van der Waals surface area contributed by atoms with Crippen molar-refractivity contribution in [2.24, 2.45) is 11.3 Å².